The van der Waals surface area contributed by atoms with Crippen molar-refractivity contribution in [1.82, 2.24) is 9.97 Å². The highest BCUT2D eigenvalue weighted by atomic mass is 16.5. The number of H-pyrrole nitrogens is 1. The highest BCUT2D eigenvalue weighted by Gasteiger charge is 2.12. The third-order valence-corrected chi connectivity index (χ3v) is 3.40. The van der Waals surface area contributed by atoms with Crippen LogP contribution in [0.5, 0.6) is 0 Å². The van der Waals surface area contributed by atoms with Crippen LogP contribution in [-0.4, -0.2) is 22.2 Å². The Bertz CT molecular complexity index is 748. The molecule has 5 heteroatoms. The average molecular weight is 283 g/mol. The molecule has 0 bridgehead atoms. The zero-order chi connectivity index (χ0) is 14.8. The first-order chi connectivity index (χ1) is 10.2. The molecule has 3 aromatic rings. The number of fused-ring (bicyclic) bond motifs is 1. The summed E-state index contributed by atoms with van der Waals surface area (Å²) in [6.45, 7) is 0.587. The van der Waals surface area contributed by atoms with E-state index in [4.69, 9.17) is 10.5 Å². The van der Waals surface area contributed by atoms with Gasteiger partial charge in [-0.15, -0.1) is 0 Å². The number of imidazole rings is 1. The number of aliphatic hydroxyl groups is 1. The number of rotatable bonds is 4. The largest absolute Gasteiger partial charge is 0.380 e. The minimum Gasteiger partial charge on any atom is -0.380 e. The third kappa shape index (κ3) is 2.67. The lowest BCUT2D eigenvalue weighted by Gasteiger charge is -2.04. The van der Waals surface area contributed by atoms with Crippen LogP contribution >= 0.6 is 0 Å². The Labute approximate surface area is 122 Å². The number of methoxy groups -OCH3 is 1. The number of benzene rings is 2. The normalized spacial score (nSPS) is 12.7. The highest BCUT2D eigenvalue weighted by molar-refractivity contribution is 5.82. The summed E-state index contributed by atoms with van der Waals surface area (Å²) in [6, 6.07) is 13.5. The zero-order valence-electron chi connectivity index (χ0n) is 11.7. The van der Waals surface area contributed by atoms with Gasteiger partial charge in [-0.25, -0.2) is 4.98 Å². The van der Waals surface area contributed by atoms with Crippen molar-refractivity contribution in [3.8, 4) is 11.4 Å². The number of aromatic amines is 1. The average Bonchev–Trinajstić information content (AvgIpc) is 2.92. The van der Waals surface area contributed by atoms with Crippen molar-refractivity contribution in [2.45, 2.75) is 12.8 Å². The molecule has 0 spiro atoms. The molecule has 0 amide bonds. The SMILES string of the molecule is COCc1ccc(-c2nc3c(C(N)O)cccc3[nH]2)cc1. The molecule has 1 atom stereocenters. The predicted molar refractivity (Wildman–Crippen MR) is 81.4 cm³/mol. The van der Waals surface area contributed by atoms with E-state index < -0.39 is 6.23 Å². The number of hydrogen-bond acceptors (Lipinski definition) is 4. The first kappa shape index (κ1) is 13.8. The third-order valence-electron chi connectivity index (χ3n) is 3.40. The molecule has 0 radical (unpaired) electrons. The Hall–Kier alpha value is -2.21. The molecule has 4 N–H and O–H groups in total. The predicted octanol–water partition coefficient (Wildman–Crippen LogP) is 2.33. The van der Waals surface area contributed by atoms with Crippen molar-refractivity contribution in [2.75, 3.05) is 7.11 Å². The molecule has 3 rings (SSSR count). The standard InChI is InChI=1S/C16H17N3O2/c1-21-9-10-5-7-11(8-6-10)16-18-13-4-2-3-12(15(17)20)14(13)19-16/h2-8,15,20H,9,17H2,1H3,(H,18,19). The van der Waals surface area contributed by atoms with Crippen LogP contribution in [0.4, 0.5) is 0 Å². The molecule has 0 aliphatic rings. The van der Waals surface area contributed by atoms with E-state index in [0.717, 1.165) is 22.5 Å². The molecule has 0 saturated carbocycles. The molecule has 1 aromatic heterocycles. The molecule has 0 aliphatic heterocycles. The van der Waals surface area contributed by atoms with Gasteiger partial charge >= 0.3 is 0 Å². The van der Waals surface area contributed by atoms with Crippen LogP contribution in [0.15, 0.2) is 42.5 Å². The number of aliphatic hydroxyl groups excluding tert-OH is 1. The van der Waals surface area contributed by atoms with Gasteiger partial charge in [0.05, 0.1) is 17.6 Å². The first-order valence-electron chi connectivity index (χ1n) is 6.69. The number of aromatic nitrogens is 2. The second-order valence-corrected chi connectivity index (χ2v) is 4.90. The van der Waals surface area contributed by atoms with Gasteiger partial charge in [-0.3, -0.25) is 0 Å². The van der Waals surface area contributed by atoms with Gasteiger partial charge in [-0.05, 0) is 11.6 Å². The molecule has 21 heavy (non-hydrogen) atoms. The van der Waals surface area contributed by atoms with Crippen molar-refractivity contribution in [2.24, 2.45) is 5.73 Å². The van der Waals surface area contributed by atoms with Crippen LogP contribution < -0.4 is 5.73 Å². The van der Waals surface area contributed by atoms with Crippen LogP contribution in [0, 0.1) is 0 Å². The van der Waals surface area contributed by atoms with E-state index in [1.807, 2.05) is 36.4 Å². The van der Waals surface area contributed by atoms with E-state index in [1.165, 1.54) is 0 Å². The zero-order valence-corrected chi connectivity index (χ0v) is 11.7. The van der Waals surface area contributed by atoms with Crippen molar-refractivity contribution in [3.63, 3.8) is 0 Å². The highest BCUT2D eigenvalue weighted by Crippen LogP contribution is 2.25. The molecule has 0 aliphatic carbocycles. The number of nitrogens with one attached hydrogen (secondary N) is 1. The summed E-state index contributed by atoms with van der Waals surface area (Å²) in [5.74, 6) is 0.752. The van der Waals surface area contributed by atoms with Gasteiger partial charge in [0.15, 0.2) is 0 Å². The lowest BCUT2D eigenvalue weighted by atomic mass is 10.1. The van der Waals surface area contributed by atoms with Crippen molar-refractivity contribution >= 4 is 11.0 Å². The maximum absolute atomic E-state index is 9.61. The summed E-state index contributed by atoms with van der Waals surface area (Å²) in [4.78, 5) is 7.80. The van der Waals surface area contributed by atoms with Gasteiger partial charge in [0.2, 0.25) is 0 Å². The Morgan fingerprint density at radius 2 is 2.00 bits per heavy atom. The molecule has 2 aromatic carbocycles. The molecular formula is C16H17N3O2. The van der Waals surface area contributed by atoms with Gasteiger partial charge < -0.3 is 20.6 Å². The van der Waals surface area contributed by atoms with Gasteiger partial charge in [0.1, 0.15) is 12.1 Å². The summed E-state index contributed by atoms with van der Waals surface area (Å²) in [5.41, 5.74) is 9.82. The number of hydrogen-bond donors (Lipinski definition) is 3. The summed E-state index contributed by atoms with van der Waals surface area (Å²) < 4.78 is 5.10. The summed E-state index contributed by atoms with van der Waals surface area (Å²) in [6.07, 6.45) is -1.03. The maximum atomic E-state index is 9.61. The second-order valence-electron chi connectivity index (χ2n) is 4.90. The molecule has 0 saturated heterocycles. The topological polar surface area (TPSA) is 84.2 Å². The van der Waals surface area contributed by atoms with Crippen LogP contribution in [0.1, 0.15) is 17.4 Å². The summed E-state index contributed by atoms with van der Waals surface area (Å²) in [5, 5.41) is 9.61. The van der Waals surface area contributed by atoms with E-state index in [9.17, 15) is 5.11 Å². The fraction of sp³-hybridized carbons (Fsp3) is 0.188. The van der Waals surface area contributed by atoms with E-state index in [0.29, 0.717) is 17.7 Å². The van der Waals surface area contributed by atoms with Crippen molar-refractivity contribution < 1.29 is 9.84 Å². The van der Waals surface area contributed by atoms with Crippen LogP contribution in [0.3, 0.4) is 0 Å². The van der Waals surface area contributed by atoms with Gasteiger partial charge in [0.25, 0.3) is 0 Å². The minimum atomic E-state index is -1.03. The first-order valence-corrected chi connectivity index (χ1v) is 6.69. The van der Waals surface area contributed by atoms with Crippen LogP contribution in [0.2, 0.25) is 0 Å². The van der Waals surface area contributed by atoms with Gasteiger partial charge in [-0.1, -0.05) is 36.4 Å². The Morgan fingerprint density at radius 1 is 1.24 bits per heavy atom. The number of nitrogens with two attached hydrogens (primary N) is 1. The molecule has 1 heterocycles. The molecule has 0 fully saturated rings. The Morgan fingerprint density at radius 3 is 2.67 bits per heavy atom. The van der Waals surface area contributed by atoms with E-state index >= 15 is 0 Å². The second kappa shape index (κ2) is 5.65. The lowest BCUT2D eigenvalue weighted by Crippen LogP contribution is -2.08. The number of para-hydroxylation sites is 1. The molecule has 108 valence electrons. The van der Waals surface area contributed by atoms with Crippen molar-refractivity contribution in [1.29, 1.82) is 0 Å². The van der Waals surface area contributed by atoms with E-state index in [1.54, 1.807) is 13.2 Å². The summed E-state index contributed by atoms with van der Waals surface area (Å²) >= 11 is 0. The number of ether oxygens (including phenoxy) is 1. The Kier molecular flexibility index (Phi) is 3.70. The molecule has 1 unspecified atom stereocenters. The molecule has 5 nitrogen and oxygen atoms in total. The quantitative estimate of drug-likeness (QED) is 0.642. The van der Waals surface area contributed by atoms with E-state index in [-0.39, 0.29) is 0 Å². The molecular weight excluding hydrogens is 266 g/mol. The minimum absolute atomic E-state index is 0.587. The fourth-order valence-electron chi connectivity index (χ4n) is 2.36. The van der Waals surface area contributed by atoms with Gasteiger partial charge in [0, 0.05) is 18.2 Å². The van der Waals surface area contributed by atoms with Gasteiger partial charge in [-0.2, -0.15) is 0 Å². The van der Waals surface area contributed by atoms with Crippen LogP contribution in [-0.2, 0) is 11.3 Å². The van der Waals surface area contributed by atoms with E-state index in [2.05, 4.69) is 9.97 Å². The fourth-order valence-corrected chi connectivity index (χ4v) is 2.36. The Balaban J connectivity index is 2.02. The smallest absolute Gasteiger partial charge is 0.138 e. The lowest BCUT2D eigenvalue weighted by molar-refractivity contribution is 0.185. The van der Waals surface area contributed by atoms with Crippen LogP contribution in [0.25, 0.3) is 22.4 Å². The summed E-state index contributed by atoms with van der Waals surface area (Å²) in [7, 11) is 1.67. The van der Waals surface area contributed by atoms with Crippen molar-refractivity contribution in [3.05, 3.63) is 53.6 Å². The monoisotopic (exact) mass is 283 g/mol. The number of nitrogens with zero attached hydrogens (tertiary/aromatic N) is 1. The maximum Gasteiger partial charge on any atom is 0.138 e.